The van der Waals surface area contributed by atoms with Gasteiger partial charge in [0.15, 0.2) is 5.92 Å². The molecular weight excluding hydrogens is 253 g/mol. The van der Waals surface area contributed by atoms with E-state index in [-0.39, 0.29) is 57.8 Å². The third-order valence-corrected chi connectivity index (χ3v) is 2.12. The second kappa shape index (κ2) is 6.97. The van der Waals surface area contributed by atoms with E-state index in [9.17, 15) is 0 Å². The van der Waals surface area contributed by atoms with Gasteiger partial charge in [-0.05, 0) is 0 Å². The molecule has 0 bridgehead atoms. The molecule has 0 unspecified atom stereocenters. The molecule has 8 heteroatoms. The number of rotatable bonds is 1. The van der Waals surface area contributed by atoms with Gasteiger partial charge in [0.25, 0.3) is 0 Å². The Morgan fingerprint density at radius 1 is 1.00 bits per heavy atom. The number of nitrogens with two attached hydrogens (primary N) is 1. The zero-order valence-corrected chi connectivity index (χ0v) is 11.8. The Hall–Kier alpha value is -2.60. The molecule has 2 N–H and O–H groups in total. The molecule has 0 spiro atoms. The zero-order valence-electron chi connectivity index (χ0n) is 9.84. The minimum Gasteiger partial charge on any atom is -0.383 e. The van der Waals surface area contributed by atoms with Crippen LogP contribution >= 0.6 is 0 Å². The molecule has 83 valence electrons. The van der Waals surface area contributed by atoms with Crippen molar-refractivity contribution in [3.8, 4) is 30.3 Å². The first-order valence-electron chi connectivity index (χ1n) is 4.47. The molecule has 0 fully saturated rings. The Balaban J connectivity index is 0.00000324. The van der Waals surface area contributed by atoms with E-state index < -0.39 is 5.92 Å². The largest absolute Gasteiger partial charge is 0.383 e. The van der Waals surface area contributed by atoms with Gasteiger partial charge in [-0.1, -0.05) is 0 Å². The van der Waals surface area contributed by atoms with Gasteiger partial charge in [-0.2, -0.15) is 26.3 Å². The van der Waals surface area contributed by atoms with Crippen molar-refractivity contribution in [3.05, 3.63) is 22.4 Å². The molecule has 1 aliphatic rings. The molecule has 19 heavy (non-hydrogen) atoms. The van der Waals surface area contributed by atoms with Crippen LogP contribution in [0.3, 0.4) is 0 Å². The van der Waals surface area contributed by atoms with Crippen LogP contribution in [-0.4, -0.2) is 35.4 Å². The first kappa shape index (κ1) is 16.4. The van der Waals surface area contributed by atoms with Crippen molar-refractivity contribution in [1.82, 2.24) is 0 Å². The van der Waals surface area contributed by atoms with E-state index in [1.807, 2.05) is 0 Å². The minimum absolute atomic E-state index is 0. The van der Waals surface area contributed by atoms with Gasteiger partial charge >= 0.3 is 0 Å². The summed E-state index contributed by atoms with van der Waals surface area (Å²) < 4.78 is 0. The van der Waals surface area contributed by atoms with E-state index in [4.69, 9.17) is 32.0 Å². The number of nitriles is 5. The van der Waals surface area contributed by atoms with Crippen molar-refractivity contribution in [3.63, 3.8) is 0 Å². The van der Waals surface area contributed by atoms with Crippen molar-refractivity contribution in [2.75, 3.05) is 0 Å². The maximum absolute atomic E-state index is 8.94. The maximum atomic E-state index is 8.94. The predicted molar refractivity (Wildman–Crippen MR) is 63.0 cm³/mol. The Morgan fingerprint density at radius 3 is 1.89 bits per heavy atom. The molecule has 1 radical (unpaired) electrons. The SMILES string of the molecule is N#CC1=C(C#N)/C(=C(\C#N)C(C#N)C#N)N=C1N.[Na]. The average molecular weight is 256 g/mol. The molecule has 0 saturated carbocycles. The van der Waals surface area contributed by atoms with Gasteiger partial charge in [-0.3, -0.25) is 0 Å². The maximum Gasteiger partial charge on any atom is 0.170 e. The molecule has 0 saturated heterocycles. The quantitative estimate of drug-likeness (QED) is 0.503. The van der Waals surface area contributed by atoms with Crippen molar-refractivity contribution in [1.29, 1.82) is 26.3 Å². The molecular formula is C11H3N7Na. The van der Waals surface area contributed by atoms with E-state index in [0.717, 1.165) is 0 Å². The molecule has 0 aliphatic carbocycles. The summed E-state index contributed by atoms with van der Waals surface area (Å²) in [7, 11) is 0. The summed E-state index contributed by atoms with van der Waals surface area (Å²) in [6.45, 7) is 0. The first-order valence-corrected chi connectivity index (χ1v) is 4.47. The van der Waals surface area contributed by atoms with Crippen molar-refractivity contribution >= 4 is 35.4 Å². The molecule has 7 nitrogen and oxygen atoms in total. The van der Waals surface area contributed by atoms with Crippen LogP contribution < -0.4 is 5.73 Å². The van der Waals surface area contributed by atoms with Gasteiger partial charge in [0, 0.05) is 29.6 Å². The van der Waals surface area contributed by atoms with Crippen molar-refractivity contribution in [2.45, 2.75) is 0 Å². The van der Waals surface area contributed by atoms with Crippen LogP contribution in [0.1, 0.15) is 0 Å². The summed E-state index contributed by atoms with van der Waals surface area (Å²) in [6.07, 6.45) is 0. The second-order valence-electron chi connectivity index (χ2n) is 3.04. The smallest absolute Gasteiger partial charge is 0.170 e. The van der Waals surface area contributed by atoms with E-state index >= 15 is 0 Å². The van der Waals surface area contributed by atoms with E-state index in [0.29, 0.717) is 0 Å². The molecule has 0 aromatic heterocycles. The molecule has 1 rings (SSSR count). The van der Waals surface area contributed by atoms with Gasteiger partial charge in [0.2, 0.25) is 0 Å². The van der Waals surface area contributed by atoms with Crippen molar-refractivity contribution in [2.24, 2.45) is 16.6 Å². The molecule has 0 atom stereocenters. The number of amidine groups is 1. The Bertz CT molecular complexity index is 693. The van der Waals surface area contributed by atoms with E-state index in [2.05, 4.69) is 4.99 Å². The fourth-order valence-electron chi connectivity index (χ4n) is 1.31. The summed E-state index contributed by atoms with van der Waals surface area (Å²) in [5, 5.41) is 44.1. The number of nitrogens with zero attached hydrogens (tertiary/aromatic N) is 6. The monoisotopic (exact) mass is 256 g/mol. The Kier molecular flexibility index (Phi) is 6.02. The number of aliphatic imine (C=N–C) groups is 1. The molecule has 0 aromatic carbocycles. The minimum atomic E-state index is -1.36. The summed E-state index contributed by atoms with van der Waals surface area (Å²) in [4.78, 5) is 3.71. The topological polar surface area (TPSA) is 157 Å². The Labute approximate surface area is 131 Å². The molecule has 0 amide bonds. The standard InChI is InChI=1S/C11H3N7.Na/c12-1-6(2-13)7(3-14)10-8(4-15)9(5-16)11(17)18-10;/h6H,(H2,17,18);/b10-7-;. The number of allylic oxidation sites excluding steroid dienone is 2. The van der Waals surface area contributed by atoms with E-state index in [1.165, 1.54) is 0 Å². The van der Waals surface area contributed by atoms with Gasteiger partial charge in [-0.25, -0.2) is 4.99 Å². The van der Waals surface area contributed by atoms with Crippen LogP contribution in [0.5, 0.6) is 0 Å². The van der Waals surface area contributed by atoms with Crippen LogP contribution in [0, 0.1) is 62.6 Å². The third-order valence-electron chi connectivity index (χ3n) is 2.12. The molecule has 0 aromatic rings. The third kappa shape index (κ3) is 2.80. The summed E-state index contributed by atoms with van der Waals surface area (Å²) >= 11 is 0. The van der Waals surface area contributed by atoms with Gasteiger partial charge in [-0.15, -0.1) is 0 Å². The van der Waals surface area contributed by atoms with E-state index in [1.54, 1.807) is 30.3 Å². The van der Waals surface area contributed by atoms with Gasteiger partial charge in [0.1, 0.15) is 34.8 Å². The van der Waals surface area contributed by atoms with Crippen LogP contribution in [0.2, 0.25) is 0 Å². The average Bonchev–Trinajstić information content (AvgIpc) is 2.71. The fraction of sp³-hybridized carbons (Fsp3) is 0.0909. The molecule has 1 heterocycles. The van der Waals surface area contributed by atoms with Crippen molar-refractivity contribution < 1.29 is 0 Å². The second-order valence-corrected chi connectivity index (χ2v) is 3.04. The van der Waals surface area contributed by atoms with Crippen LogP contribution in [0.15, 0.2) is 27.4 Å². The Morgan fingerprint density at radius 2 is 1.53 bits per heavy atom. The fourth-order valence-corrected chi connectivity index (χ4v) is 1.31. The number of hydrogen-bond donors (Lipinski definition) is 1. The first-order chi connectivity index (χ1) is 8.64. The van der Waals surface area contributed by atoms with Crippen LogP contribution in [0.25, 0.3) is 0 Å². The van der Waals surface area contributed by atoms with Crippen LogP contribution in [0.4, 0.5) is 0 Å². The summed E-state index contributed by atoms with van der Waals surface area (Å²) in [6, 6.07) is 8.25. The van der Waals surface area contributed by atoms with Gasteiger partial charge < -0.3 is 5.73 Å². The summed E-state index contributed by atoms with van der Waals surface area (Å²) in [5.41, 5.74) is 4.61. The normalized spacial score (nSPS) is 15.1. The number of hydrogen-bond acceptors (Lipinski definition) is 7. The van der Waals surface area contributed by atoms with Crippen LogP contribution in [-0.2, 0) is 0 Å². The zero-order chi connectivity index (χ0) is 13.7. The predicted octanol–water partition coefficient (Wildman–Crippen LogP) is -0.239. The van der Waals surface area contributed by atoms with Gasteiger partial charge in [0.05, 0.1) is 23.8 Å². The summed E-state index contributed by atoms with van der Waals surface area (Å²) in [5.74, 6) is -1.56. The molecule has 1 aliphatic heterocycles.